The fraction of sp³-hybridized carbons (Fsp3) is 0.667. The summed E-state index contributed by atoms with van der Waals surface area (Å²) in [5, 5.41) is 0. The first-order valence-corrected chi connectivity index (χ1v) is 7.53. The van der Waals surface area contributed by atoms with Gasteiger partial charge in [-0.1, -0.05) is 0 Å². The number of piperidine rings is 1. The molecular weight excluding hydrogens is 270 g/mol. The van der Waals surface area contributed by atoms with Crippen LogP contribution in [0.5, 0.6) is 0 Å². The first-order chi connectivity index (χ1) is 10.2. The summed E-state index contributed by atoms with van der Waals surface area (Å²) in [6.07, 6.45) is 7.51. The highest BCUT2D eigenvalue weighted by Crippen LogP contribution is 2.37. The summed E-state index contributed by atoms with van der Waals surface area (Å²) in [5.41, 5.74) is 0.312. The van der Waals surface area contributed by atoms with Crippen LogP contribution in [0.4, 0.5) is 0 Å². The van der Waals surface area contributed by atoms with E-state index < -0.39 is 0 Å². The van der Waals surface area contributed by atoms with Crippen LogP contribution in [0.25, 0.3) is 0 Å². The van der Waals surface area contributed by atoms with Gasteiger partial charge in [-0.15, -0.1) is 0 Å². The van der Waals surface area contributed by atoms with Crippen LogP contribution in [0.3, 0.4) is 0 Å². The van der Waals surface area contributed by atoms with E-state index in [1.54, 1.807) is 12.4 Å². The van der Waals surface area contributed by atoms with Gasteiger partial charge in [0.2, 0.25) is 0 Å². The highest BCUT2D eigenvalue weighted by molar-refractivity contribution is 5.92. The van der Waals surface area contributed by atoms with E-state index in [-0.39, 0.29) is 17.6 Å². The minimum Gasteiger partial charge on any atom is -0.376 e. The van der Waals surface area contributed by atoms with Gasteiger partial charge in [-0.05, 0) is 19.8 Å². The molecule has 1 aromatic heterocycles. The van der Waals surface area contributed by atoms with Gasteiger partial charge in [0.05, 0.1) is 24.5 Å². The van der Waals surface area contributed by atoms with Crippen molar-refractivity contribution in [3.05, 3.63) is 24.3 Å². The lowest BCUT2D eigenvalue weighted by atomic mass is 9.88. The summed E-state index contributed by atoms with van der Waals surface area (Å²) in [6, 6.07) is 0. The summed E-state index contributed by atoms with van der Waals surface area (Å²) in [7, 11) is 0. The number of likely N-dealkylation sites (tertiary alicyclic amines) is 1. The zero-order chi connectivity index (χ0) is 14.7. The van der Waals surface area contributed by atoms with Crippen molar-refractivity contribution in [2.45, 2.75) is 37.9 Å². The second-order valence-corrected chi connectivity index (χ2v) is 5.66. The number of carbonyl (C=O) groups is 1. The number of nitrogens with zero attached hydrogens (tertiary/aromatic N) is 3. The number of hydrogen-bond acceptors (Lipinski definition) is 5. The molecule has 2 fully saturated rings. The molecular formula is C15H21N3O3. The van der Waals surface area contributed by atoms with Crippen molar-refractivity contribution in [3.63, 3.8) is 0 Å². The Hall–Kier alpha value is -1.53. The molecule has 1 spiro atoms. The Morgan fingerprint density at radius 1 is 1.48 bits per heavy atom. The number of amides is 1. The van der Waals surface area contributed by atoms with Crippen molar-refractivity contribution >= 4 is 5.91 Å². The summed E-state index contributed by atoms with van der Waals surface area (Å²) in [4.78, 5) is 22.2. The zero-order valence-corrected chi connectivity index (χ0v) is 12.3. The van der Waals surface area contributed by atoms with Gasteiger partial charge in [-0.3, -0.25) is 9.78 Å². The Labute approximate surface area is 124 Å². The van der Waals surface area contributed by atoms with Gasteiger partial charge in [0, 0.05) is 38.5 Å². The van der Waals surface area contributed by atoms with Crippen molar-refractivity contribution < 1.29 is 14.3 Å². The average molecular weight is 291 g/mol. The largest absolute Gasteiger partial charge is 0.376 e. The zero-order valence-electron chi connectivity index (χ0n) is 12.3. The fourth-order valence-electron chi connectivity index (χ4n) is 3.18. The SMILES string of the molecule is CCO[C@@H]1COC2(CCN(C(=O)c3cnccn3)CC2)C1. The Morgan fingerprint density at radius 3 is 2.95 bits per heavy atom. The molecule has 114 valence electrons. The monoisotopic (exact) mass is 291 g/mol. The highest BCUT2D eigenvalue weighted by atomic mass is 16.6. The topological polar surface area (TPSA) is 64.6 Å². The molecule has 0 unspecified atom stereocenters. The van der Waals surface area contributed by atoms with Crippen LogP contribution in [0, 0.1) is 0 Å². The van der Waals surface area contributed by atoms with Gasteiger partial charge in [0.25, 0.3) is 5.91 Å². The van der Waals surface area contributed by atoms with Gasteiger partial charge in [0.1, 0.15) is 5.69 Å². The first kappa shape index (κ1) is 14.4. The van der Waals surface area contributed by atoms with Crippen LogP contribution in [0.1, 0.15) is 36.7 Å². The van der Waals surface area contributed by atoms with Crippen molar-refractivity contribution in [2.75, 3.05) is 26.3 Å². The summed E-state index contributed by atoms with van der Waals surface area (Å²) >= 11 is 0. The quantitative estimate of drug-likeness (QED) is 0.839. The van der Waals surface area contributed by atoms with Crippen molar-refractivity contribution in [2.24, 2.45) is 0 Å². The molecule has 6 nitrogen and oxygen atoms in total. The molecule has 21 heavy (non-hydrogen) atoms. The van der Waals surface area contributed by atoms with Gasteiger partial charge in [0.15, 0.2) is 0 Å². The molecule has 1 atom stereocenters. The third kappa shape index (κ3) is 3.06. The third-order valence-electron chi connectivity index (χ3n) is 4.32. The molecule has 6 heteroatoms. The number of ether oxygens (including phenoxy) is 2. The van der Waals surface area contributed by atoms with E-state index in [2.05, 4.69) is 9.97 Å². The first-order valence-electron chi connectivity index (χ1n) is 7.53. The highest BCUT2D eigenvalue weighted by Gasteiger charge is 2.43. The Balaban J connectivity index is 1.57. The standard InChI is InChI=1S/C15H21N3O3/c1-2-20-12-9-15(21-11-12)3-7-18(8-4-15)14(19)13-10-16-5-6-17-13/h5-6,10,12H,2-4,7-9,11H2,1H3/t12-/m0/s1. The van der Waals surface area contributed by atoms with Crippen LogP contribution < -0.4 is 0 Å². The van der Waals surface area contributed by atoms with E-state index in [1.807, 2.05) is 11.8 Å². The molecule has 2 aliphatic heterocycles. The average Bonchev–Trinajstić information content (AvgIpc) is 2.91. The van der Waals surface area contributed by atoms with E-state index in [0.29, 0.717) is 25.4 Å². The van der Waals surface area contributed by atoms with Crippen molar-refractivity contribution in [3.8, 4) is 0 Å². The van der Waals surface area contributed by atoms with Crippen LogP contribution >= 0.6 is 0 Å². The van der Waals surface area contributed by atoms with E-state index in [4.69, 9.17) is 9.47 Å². The van der Waals surface area contributed by atoms with Crippen LogP contribution in [0.2, 0.25) is 0 Å². The third-order valence-corrected chi connectivity index (χ3v) is 4.32. The van der Waals surface area contributed by atoms with Crippen LogP contribution in [-0.2, 0) is 9.47 Å². The lowest BCUT2D eigenvalue weighted by Crippen LogP contribution is -2.46. The summed E-state index contributed by atoms with van der Waals surface area (Å²) in [6.45, 7) is 4.81. The molecule has 0 aromatic carbocycles. The van der Waals surface area contributed by atoms with Gasteiger partial charge < -0.3 is 14.4 Å². The Morgan fingerprint density at radius 2 is 2.29 bits per heavy atom. The number of rotatable bonds is 3. The lowest BCUT2D eigenvalue weighted by molar-refractivity contribution is -0.0408. The number of aromatic nitrogens is 2. The molecule has 0 N–H and O–H groups in total. The Bertz CT molecular complexity index is 486. The predicted molar refractivity (Wildman–Crippen MR) is 75.9 cm³/mol. The maximum absolute atomic E-state index is 12.3. The normalized spacial score (nSPS) is 24.4. The maximum Gasteiger partial charge on any atom is 0.274 e. The predicted octanol–water partition coefficient (Wildman–Crippen LogP) is 1.28. The minimum absolute atomic E-state index is 0.0442. The van der Waals surface area contributed by atoms with Crippen LogP contribution in [-0.4, -0.2) is 58.8 Å². The molecule has 0 aliphatic carbocycles. The smallest absolute Gasteiger partial charge is 0.274 e. The van der Waals surface area contributed by atoms with Gasteiger partial charge >= 0.3 is 0 Å². The van der Waals surface area contributed by atoms with Crippen molar-refractivity contribution in [1.82, 2.24) is 14.9 Å². The van der Waals surface area contributed by atoms with E-state index >= 15 is 0 Å². The number of carbonyl (C=O) groups excluding carboxylic acids is 1. The summed E-state index contributed by atoms with van der Waals surface area (Å²) < 4.78 is 11.6. The fourth-order valence-corrected chi connectivity index (χ4v) is 3.18. The number of hydrogen-bond donors (Lipinski definition) is 0. The summed E-state index contributed by atoms with van der Waals surface area (Å²) in [5.74, 6) is -0.0442. The maximum atomic E-state index is 12.3. The van der Waals surface area contributed by atoms with E-state index in [9.17, 15) is 4.79 Å². The van der Waals surface area contributed by atoms with E-state index in [1.165, 1.54) is 6.20 Å². The van der Waals surface area contributed by atoms with E-state index in [0.717, 1.165) is 25.9 Å². The lowest BCUT2D eigenvalue weighted by Gasteiger charge is -2.38. The van der Waals surface area contributed by atoms with Gasteiger partial charge in [-0.2, -0.15) is 0 Å². The second kappa shape index (κ2) is 6.07. The molecule has 3 heterocycles. The second-order valence-electron chi connectivity index (χ2n) is 5.66. The molecule has 2 aliphatic rings. The molecule has 0 bridgehead atoms. The molecule has 0 saturated carbocycles. The molecule has 2 saturated heterocycles. The Kier molecular flexibility index (Phi) is 4.17. The van der Waals surface area contributed by atoms with Gasteiger partial charge in [-0.25, -0.2) is 4.98 Å². The molecule has 1 aromatic rings. The molecule has 1 amide bonds. The van der Waals surface area contributed by atoms with Crippen molar-refractivity contribution in [1.29, 1.82) is 0 Å². The molecule has 3 rings (SSSR count). The minimum atomic E-state index is -0.0982. The molecule has 0 radical (unpaired) electrons. The van der Waals surface area contributed by atoms with Crippen LogP contribution in [0.15, 0.2) is 18.6 Å².